The van der Waals surface area contributed by atoms with Gasteiger partial charge in [-0.2, -0.15) is 0 Å². The van der Waals surface area contributed by atoms with Gasteiger partial charge >= 0.3 is 0 Å². The Morgan fingerprint density at radius 3 is 2.96 bits per heavy atom. The van der Waals surface area contributed by atoms with Crippen LogP contribution in [0.4, 0.5) is 0 Å². The molecule has 4 heterocycles. The number of rotatable bonds is 4. The molecule has 2 atom stereocenters. The first kappa shape index (κ1) is 17.0. The van der Waals surface area contributed by atoms with Gasteiger partial charge in [-0.05, 0) is 37.1 Å². The van der Waals surface area contributed by atoms with Gasteiger partial charge in [-0.15, -0.1) is 0 Å². The van der Waals surface area contributed by atoms with Crippen molar-refractivity contribution in [2.75, 3.05) is 13.1 Å². The number of hydrogen-bond acceptors (Lipinski definition) is 4. The molecule has 0 unspecified atom stereocenters. The lowest BCUT2D eigenvalue weighted by Gasteiger charge is -2.26. The zero-order valence-corrected chi connectivity index (χ0v) is 15.5. The van der Waals surface area contributed by atoms with E-state index in [9.17, 15) is 9.59 Å². The van der Waals surface area contributed by atoms with E-state index >= 15 is 0 Å². The topological polar surface area (TPSA) is 82.4 Å². The lowest BCUT2D eigenvalue weighted by Crippen LogP contribution is -2.37. The second-order valence-electron chi connectivity index (χ2n) is 7.58. The molecule has 0 spiro atoms. The third-order valence-electron chi connectivity index (χ3n) is 5.75. The summed E-state index contributed by atoms with van der Waals surface area (Å²) in [4.78, 5) is 37.3. The number of likely N-dealkylation sites (tertiary alicyclic amines) is 2. The van der Waals surface area contributed by atoms with Gasteiger partial charge in [0.15, 0.2) is 0 Å². The van der Waals surface area contributed by atoms with E-state index < -0.39 is 0 Å². The molecule has 2 amide bonds. The molecule has 2 aliphatic rings. The maximum atomic E-state index is 13.2. The smallest absolute Gasteiger partial charge is 0.228 e. The number of carbonyl (C=O) groups is 2. The number of aromatic nitrogens is 2. The molecule has 3 aromatic rings. The van der Waals surface area contributed by atoms with Crippen LogP contribution in [0.25, 0.3) is 11.0 Å². The molecule has 0 radical (unpaired) electrons. The highest BCUT2D eigenvalue weighted by molar-refractivity contribution is 5.89. The zero-order chi connectivity index (χ0) is 19.1. The summed E-state index contributed by atoms with van der Waals surface area (Å²) in [6, 6.07) is 11.5. The average molecular weight is 378 g/mol. The van der Waals surface area contributed by atoms with Crippen LogP contribution in [-0.4, -0.2) is 44.7 Å². The first-order chi connectivity index (χ1) is 13.7. The van der Waals surface area contributed by atoms with Crippen LogP contribution in [0.1, 0.15) is 36.9 Å². The van der Waals surface area contributed by atoms with Crippen LogP contribution < -0.4 is 0 Å². The van der Waals surface area contributed by atoms with Crippen LogP contribution in [0.15, 0.2) is 47.1 Å². The van der Waals surface area contributed by atoms with Gasteiger partial charge in [0.25, 0.3) is 0 Å². The SMILES string of the molecule is O=C1C[C@H](C(=O)N2CCC[C@H]2c2nc3ccccc3[nH]2)CN1Cc1ccco1. The molecule has 28 heavy (non-hydrogen) atoms. The summed E-state index contributed by atoms with van der Waals surface area (Å²) < 4.78 is 5.34. The Morgan fingerprint density at radius 1 is 1.25 bits per heavy atom. The van der Waals surface area contributed by atoms with Crippen molar-refractivity contribution in [3.05, 3.63) is 54.2 Å². The van der Waals surface area contributed by atoms with E-state index in [1.54, 1.807) is 17.2 Å². The van der Waals surface area contributed by atoms with E-state index in [0.717, 1.165) is 35.5 Å². The van der Waals surface area contributed by atoms with Gasteiger partial charge in [0.1, 0.15) is 11.6 Å². The lowest BCUT2D eigenvalue weighted by molar-refractivity contribution is -0.136. The number of amides is 2. The minimum absolute atomic E-state index is 0.00855. The van der Waals surface area contributed by atoms with Crippen LogP contribution in [-0.2, 0) is 16.1 Å². The van der Waals surface area contributed by atoms with Gasteiger partial charge in [-0.1, -0.05) is 12.1 Å². The van der Waals surface area contributed by atoms with Gasteiger partial charge in [-0.25, -0.2) is 4.98 Å². The number of furan rings is 1. The van der Waals surface area contributed by atoms with E-state index in [4.69, 9.17) is 9.40 Å². The molecule has 0 aliphatic carbocycles. The summed E-state index contributed by atoms with van der Waals surface area (Å²) in [5.74, 6) is 1.34. The summed E-state index contributed by atoms with van der Waals surface area (Å²) in [6.45, 7) is 1.58. The number of H-pyrrole nitrogens is 1. The van der Waals surface area contributed by atoms with Crippen molar-refractivity contribution in [1.82, 2.24) is 19.8 Å². The minimum atomic E-state index is -0.299. The van der Waals surface area contributed by atoms with Crippen LogP contribution in [0.3, 0.4) is 0 Å². The van der Waals surface area contributed by atoms with E-state index in [1.165, 1.54) is 0 Å². The van der Waals surface area contributed by atoms with Crippen molar-refractivity contribution < 1.29 is 14.0 Å². The summed E-state index contributed by atoms with van der Waals surface area (Å²) in [6.07, 6.45) is 3.70. The molecular formula is C21H22N4O3. The number of benzene rings is 1. The monoisotopic (exact) mass is 378 g/mol. The van der Waals surface area contributed by atoms with Gasteiger partial charge < -0.3 is 19.2 Å². The number of aromatic amines is 1. The molecule has 7 heteroatoms. The first-order valence-electron chi connectivity index (χ1n) is 9.74. The molecule has 7 nitrogen and oxygen atoms in total. The number of carbonyl (C=O) groups excluding carboxylic acids is 2. The number of para-hydroxylation sites is 2. The molecule has 2 aliphatic heterocycles. The van der Waals surface area contributed by atoms with E-state index in [2.05, 4.69) is 4.98 Å². The average Bonchev–Trinajstić information content (AvgIpc) is 3.48. The molecule has 2 aromatic heterocycles. The summed E-state index contributed by atoms with van der Waals surface area (Å²) in [5.41, 5.74) is 1.90. The Hall–Kier alpha value is -3.09. The molecule has 0 saturated carbocycles. The predicted molar refractivity (Wildman–Crippen MR) is 102 cm³/mol. The highest BCUT2D eigenvalue weighted by atomic mass is 16.3. The summed E-state index contributed by atoms with van der Waals surface area (Å²) in [7, 11) is 0. The van der Waals surface area contributed by atoms with Crippen LogP contribution in [0.2, 0.25) is 0 Å². The van der Waals surface area contributed by atoms with Crippen LogP contribution >= 0.6 is 0 Å². The lowest BCUT2D eigenvalue weighted by atomic mass is 10.1. The predicted octanol–water partition coefficient (Wildman–Crippen LogP) is 2.87. The molecule has 144 valence electrons. The van der Waals surface area contributed by atoms with Gasteiger partial charge in [-0.3, -0.25) is 9.59 Å². The number of hydrogen-bond donors (Lipinski definition) is 1. The molecule has 1 aromatic carbocycles. The Bertz CT molecular complexity index is 977. The fraction of sp³-hybridized carbons (Fsp3) is 0.381. The fourth-order valence-electron chi connectivity index (χ4n) is 4.36. The van der Waals surface area contributed by atoms with Gasteiger partial charge in [0.05, 0.1) is 35.8 Å². The molecule has 2 saturated heterocycles. The van der Waals surface area contributed by atoms with Gasteiger partial charge in [0.2, 0.25) is 11.8 Å². The first-order valence-corrected chi connectivity index (χ1v) is 9.74. The summed E-state index contributed by atoms with van der Waals surface area (Å²) in [5, 5.41) is 0. The standard InChI is InChI=1S/C21H22N4O3/c26-19-11-14(12-24(19)13-15-5-4-10-28-15)21(27)25-9-3-8-18(25)20-22-16-6-1-2-7-17(16)23-20/h1-2,4-7,10,14,18H,3,8-9,11-13H2,(H,22,23)/t14-,18-/m0/s1. The van der Waals surface area contributed by atoms with Crippen molar-refractivity contribution in [2.24, 2.45) is 5.92 Å². The van der Waals surface area contributed by atoms with E-state index in [0.29, 0.717) is 19.6 Å². The number of fused-ring (bicyclic) bond motifs is 1. The van der Waals surface area contributed by atoms with E-state index in [-0.39, 0.29) is 30.2 Å². The highest BCUT2D eigenvalue weighted by Gasteiger charge is 2.41. The van der Waals surface area contributed by atoms with Gasteiger partial charge in [0, 0.05) is 19.5 Å². The third kappa shape index (κ3) is 2.96. The molecule has 5 rings (SSSR count). The molecule has 0 bridgehead atoms. The molecular weight excluding hydrogens is 356 g/mol. The minimum Gasteiger partial charge on any atom is -0.467 e. The van der Waals surface area contributed by atoms with Crippen molar-refractivity contribution in [1.29, 1.82) is 0 Å². The quantitative estimate of drug-likeness (QED) is 0.757. The largest absolute Gasteiger partial charge is 0.467 e. The van der Waals surface area contributed by atoms with Crippen molar-refractivity contribution in [3.63, 3.8) is 0 Å². The number of imidazole rings is 1. The Labute approximate surface area is 162 Å². The van der Waals surface area contributed by atoms with Crippen LogP contribution in [0.5, 0.6) is 0 Å². The number of nitrogens with one attached hydrogen (secondary N) is 1. The fourth-order valence-corrected chi connectivity index (χ4v) is 4.36. The second kappa shape index (κ2) is 6.82. The highest BCUT2D eigenvalue weighted by Crippen LogP contribution is 2.34. The number of nitrogens with zero attached hydrogens (tertiary/aromatic N) is 3. The Morgan fingerprint density at radius 2 is 2.14 bits per heavy atom. The van der Waals surface area contributed by atoms with Crippen LogP contribution in [0, 0.1) is 5.92 Å². The maximum Gasteiger partial charge on any atom is 0.228 e. The summed E-state index contributed by atoms with van der Waals surface area (Å²) >= 11 is 0. The molecule has 1 N–H and O–H groups in total. The zero-order valence-electron chi connectivity index (χ0n) is 15.5. The van der Waals surface area contributed by atoms with E-state index in [1.807, 2.05) is 35.2 Å². The second-order valence-corrected chi connectivity index (χ2v) is 7.58. The maximum absolute atomic E-state index is 13.2. The third-order valence-corrected chi connectivity index (χ3v) is 5.75. The normalized spacial score (nSPS) is 22.5. The van der Waals surface area contributed by atoms with Crippen molar-refractivity contribution in [3.8, 4) is 0 Å². The Balaban J connectivity index is 1.32. The van der Waals surface area contributed by atoms with Crippen molar-refractivity contribution in [2.45, 2.75) is 31.8 Å². The molecule has 2 fully saturated rings. The Kier molecular flexibility index (Phi) is 4.15. The van der Waals surface area contributed by atoms with Crippen molar-refractivity contribution >= 4 is 22.8 Å².